The third-order valence-electron chi connectivity index (χ3n) is 5.44. The summed E-state index contributed by atoms with van der Waals surface area (Å²) in [7, 11) is 0. The summed E-state index contributed by atoms with van der Waals surface area (Å²) in [6.07, 6.45) is 6.43. The van der Waals surface area contributed by atoms with Crippen LogP contribution in [0.15, 0.2) is 42.1 Å². The molecule has 158 valence electrons. The van der Waals surface area contributed by atoms with E-state index >= 15 is 0 Å². The van der Waals surface area contributed by atoms with Crippen LogP contribution in [0.4, 0.5) is 11.9 Å². The van der Waals surface area contributed by atoms with E-state index in [4.69, 9.17) is 4.98 Å². The first-order valence-corrected chi connectivity index (χ1v) is 10.5. The second-order valence-corrected chi connectivity index (χ2v) is 7.86. The van der Waals surface area contributed by atoms with Crippen molar-refractivity contribution in [2.45, 2.75) is 44.7 Å². The summed E-state index contributed by atoms with van der Waals surface area (Å²) >= 11 is 0. The van der Waals surface area contributed by atoms with Crippen LogP contribution >= 0.6 is 0 Å². The van der Waals surface area contributed by atoms with Crippen LogP contribution in [0.2, 0.25) is 0 Å². The van der Waals surface area contributed by atoms with E-state index in [0.717, 1.165) is 24.8 Å². The molecule has 31 heavy (non-hydrogen) atoms. The molecule has 3 heterocycles. The standard InChI is InChI=1S/C22H23N7O2/c1-2-17(13-6-4-3-5-7-13)25-21-27-19-15(10-14-11-18(30)26-20(14)31)12-23-29(19)22(28-21)24-16-8-9-16/h3-7,10,12,16-17H,2,8-9,11H2,1H3,(H,26,30,31)(H2,24,25,27,28)/b14-10+/t17-/m0/s1. The molecule has 9 nitrogen and oxygen atoms in total. The maximum Gasteiger partial charge on any atom is 0.254 e. The number of carbonyl (C=O) groups is 2. The molecule has 2 amide bonds. The van der Waals surface area contributed by atoms with Gasteiger partial charge in [-0.05, 0) is 30.9 Å². The van der Waals surface area contributed by atoms with Crippen LogP contribution in [0.3, 0.4) is 0 Å². The van der Waals surface area contributed by atoms with E-state index in [1.807, 2.05) is 18.2 Å². The molecule has 1 aliphatic carbocycles. The highest BCUT2D eigenvalue weighted by Gasteiger charge is 2.26. The number of rotatable bonds is 7. The van der Waals surface area contributed by atoms with E-state index < -0.39 is 0 Å². The molecule has 1 saturated heterocycles. The highest BCUT2D eigenvalue weighted by molar-refractivity contribution is 6.15. The second kappa shape index (κ2) is 7.82. The molecule has 2 aliphatic rings. The predicted molar refractivity (Wildman–Crippen MR) is 116 cm³/mol. The van der Waals surface area contributed by atoms with Gasteiger partial charge in [-0.1, -0.05) is 37.3 Å². The zero-order valence-corrected chi connectivity index (χ0v) is 17.1. The zero-order chi connectivity index (χ0) is 21.4. The molecule has 2 aromatic heterocycles. The summed E-state index contributed by atoms with van der Waals surface area (Å²) in [6.45, 7) is 2.11. The molecular weight excluding hydrogens is 394 g/mol. The minimum Gasteiger partial charge on any atom is -0.351 e. The van der Waals surface area contributed by atoms with Crippen molar-refractivity contribution >= 4 is 35.4 Å². The number of nitrogens with one attached hydrogen (secondary N) is 3. The first-order valence-electron chi connectivity index (χ1n) is 10.5. The summed E-state index contributed by atoms with van der Waals surface area (Å²) in [5, 5.41) is 13.6. The summed E-state index contributed by atoms with van der Waals surface area (Å²) < 4.78 is 1.65. The number of amides is 2. The van der Waals surface area contributed by atoms with E-state index in [2.05, 4.69) is 45.1 Å². The Hall–Kier alpha value is -3.75. The molecule has 0 unspecified atom stereocenters. The van der Waals surface area contributed by atoms with Crippen molar-refractivity contribution in [2.75, 3.05) is 10.6 Å². The third kappa shape index (κ3) is 3.98. The first-order chi connectivity index (χ1) is 15.1. The molecule has 1 atom stereocenters. The van der Waals surface area contributed by atoms with Gasteiger partial charge in [-0.3, -0.25) is 14.9 Å². The van der Waals surface area contributed by atoms with Crippen LogP contribution in [-0.2, 0) is 9.59 Å². The van der Waals surface area contributed by atoms with Crippen LogP contribution in [0.25, 0.3) is 11.7 Å². The van der Waals surface area contributed by atoms with E-state index in [1.165, 1.54) is 0 Å². The van der Waals surface area contributed by atoms with E-state index in [-0.39, 0.29) is 24.3 Å². The lowest BCUT2D eigenvalue weighted by Gasteiger charge is -2.18. The molecule has 5 rings (SSSR count). The van der Waals surface area contributed by atoms with Crippen LogP contribution in [-0.4, -0.2) is 37.4 Å². The molecule has 0 spiro atoms. The largest absolute Gasteiger partial charge is 0.351 e. The van der Waals surface area contributed by atoms with Crippen molar-refractivity contribution in [3.8, 4) is 0 Å². The fraction of sp³-hybridized carbons (Fsp3) is 0.318. The Kier molecular flexibility index (Phi) is 4.85. The van der Waals surface area contributed by atoms with Crippen LogP contribution in [0.5, 0.6) is 0 Å². The lowest BCUT2D eigenvalue weighted by molar-refractivity contribution is -0.124. The Morgan fingerprint density at radius 1 is 1.23 bits per heavy atom. The average molecular weight is 417 g/mol. The van der Waals surface area contributed by atoms with Gasteiger partial charge >= 0.3 is 0 Å². The van der Waals surface area contributed by atoms with Gasteiger partial charge in [0.05, 0.1) is 18.7 Å². The number of hydrogen-bond donors (Lipinski definition) is 3. The quantitative estimate of drug-likeness (QED) is 0.400. The van der Waals surface area contributed by atoms with Crippen LogP contribution < -0.4 is 16.0 Å². The lowest BCUT2D eigenvalue weighted by atomic mass is 10.1. The minimum absolute atomic E-state index is 0.0559. The van der Waals surface area contributed by atoms with E-state index in [0.29, 0.717) is 34.7 Å². The number of benzene rings is 1. The predicted octanol–water partition coefficient (Wildman–Crippen LogP) is 2.69. The summed E-state index contributed by atoms with van der Waals surface area (Å²) in [6, 6.07) is 10.6. The monoisotopic (exact) mass is 417 g/mol. The molecular formula is C22H23N7O2. The van der Waals surface area contributed by atoms with Gasteiger partial charge in [0.25, 0.3) is 5.91 Å². The number of carbonyl (C=O) groups excluding carboxylic acids is 2. The Morgan fingerprint density at radius 3 is 2.71 bits per heavy atom. The van der Waals surface area contributed by atoms with Gasteiger partial charge < -0.3 is 10.6 Å². The van der Waals surface area contributed by atoms with Gasteiger partial charge in [0.1, 0.15) is 0 Å². The van der Waals surface area contributed by atoms with E-state index in [1.54, 1.807) is 16.8 Å². The van der Waals surface area contributed by atoms with Gasteiger partial charge in [0, 0.05) is 17.2 Å². The summed E-state index contributed by atoms with van der Waals surface area (Å²) in [5.41, 5.74) is 2.79. The van der Waals surface area contributed by atoms with Crippen molar-refractivity contribution < 1.29 is 9.59 Å². The van der Waals surface area contributed by atoms with Gasteiger partial charge in [0.15, 0.2) is 5.65 Å². The maximum absolute atomic E-state index is 12.0. The minimum atomic E-state index is -0.372. The van der Waals surface area contributed by atoms with Gasteiger partial charge in [0.2, 0.25) is 17.8 Å². The summed E-state index contributed by atoms with van der Waals surface area (Å²) in [4.78, 5) is 32.9. The maximum atomic E-state index is 12.0. The second-order valence-electron chi connectivity index (χ2n) is 7.86. The van der Waals surface area contributed by atoms with Crippen LogP contribution in [0.1, 0.15) is 49.8 Å². The summed E-state index contributed by atoms with van der Waals surface area (Å²) in [5.74, 6) is 0.422. The number of fused-ring (bicyclic) bond motifs is 1. The Labute approximate surface area is 179 Å². The molecule has 0 radical (unpaired) electrons. The number of hydrogen-bond acceptors (Lipinski definition) is 7. The third-order valence-corrected chi connectivity index (χ3v) is 5.44. The SMILES string of the molecule is CC[C@H](Nc1nc(NC2CC2)n2ncc(/C=C3\CC(=O)NC3=O)c2n1)c1ccccc1. The topological polar surface area (TPSA) is 113 Å². The molecule has 9 heteroatoms. The smallest absolute Gasteiger partial charge is 0.254 e. The Morgan fingerprint density at radius 2 is 2.03 bits per heavy atom. The van der Waals surface area contributed by atoms with Crippen molar-refractivity contribution in [2.24, 2.45) is 0 Å². The van der Waals surface area contributed by atoms with Crippen molar-refractivity contribution in [1.29, 1.82) is 0 Å². The number of aromatic nitrogens is 4. The van der Waals surface area contributed by atoms with E-state index in [9.17, 15) is 9.59 Å². The molecule has 1 aromatic carbocycles. The van der Waals surface area contributed by atoms with Crippen molar-refractivity contribution in [3.63, 3.8) is 0 Å². The van der Waals surface area contributed by atoms with Gasteiger partial charge in [-0.15, -0.1) is 0 Å². The number of nitrogens with zero attached hydrogens (tertiary/aromatic N) is 4. The van der Waals surface area contributed by atoms with Gasteiger partial charge in [-0.25, -0.2) is 0 Å². The van der Waals surface area contributed by atoms with Crippen molar-refractivity contribution in [3.05, 3.63) is 53.2 Å². The average Bonchev–Trinajstić information content (AvgIpc) is 3.41. The molecule has 1 saturated carbocycles. The Bertz CT molecular complexity index is 1180. The normalized spacial score (nSPS) is 18.4. The first kappa shape index (κ1) is 19.2. The zero-order valence-electron chi connectivity index (χ0n) is 17.1. The molecule has 2 fully saturated rings. The highest BCUT2D eigenvalue weighted by atomic mass is 16.2. The lowest BCUT2D eigenvalue weighted by Crippen LogP contribution is -2.19. The number of anilines is 2. The van der Waals surface area contributed by atoms with Crippen LogP contribution in [0, 0.1) is 0 Å². The van der Waals surface area contributed by atoms with Gasteiger partial charge in [-0.2, -0.15) is 19.6 Å². The number of imide groups is 1. The fourth-order valence-corrected chi connectivity index (χ4v) is 3.64. The highest BCUT2D eigenvalue weighted by Crippen LogP contribution is 2.27. The Balaban J connectivity index is 1.54. The molecule has 3 N–H and O–H groups in total. The molecule has 3 aromatic rings. The van der Waals surface area contributed by atoms with Crippen molar-refractivity contribution in [1.82, 2.24) is 24.9 Å². The molecule has 0 bridgehead atoms. The molecule has 1 aliphatic heterocycles. The fourth-order valence-electron chi connectivity index (χ4n) is 3.64.